The van der Waals surface area contributed by atoms with Gasteiger partial charge in [-0.25, -0.2) is 0 Å². The fourth-order valence-corrected chi connectivity index (χ4v) is 1.02. The molecule has 0 N–H and O–H groups in total. The van der Waals surface area contributed by atoms with Gasteiger partial charge in [0.2, 0.25) is 0 Å². The lowest BCUT2D eigenvalue weighted by Gasteiger charge is -1.94. The summed E-state index contributed by atoms with van der Waals surface area (Å²) in [5.74, 6) is 0. The highest BCUT2D eigenvalue weighted by Gasteiger charge is 1.98. The molecule has 0 atom stereocenters. The van der Waals surface area contributed by atoms with Gasteiger partial charge in [0.25, 0.3) is 0 Å². The third kappa shape index (κ3) is 2.01. The molecule has 1 aromatic carbocycles. The van der Waals surface area contributed by atoms with Crippen molar-refractivity contribution >= 4 is 22.8 Å². The average molecular weight is 184 g/mol. The Bertz CT molecular complexity index is 439. The summed E-state index contributed by atoms with van der Waals surface area (Å²) in [6, 6.07) is 10.5. The first-order valence-corrected chi connectivity index (χ1v) is 3.88. The van der Waals surface area contributed by atoms with Crippen molar-refractivity contribution in [3.8, 4) is 12.1 Å². The van der Waals surface area contributed by atoms with E-state index >= 15 is 0 Å². The summed E-state index contributed by atoms with van der Waals surface area (Å²) in [6.07, 6.45) is 0. The molecule has 0 spiro atoms. The zero-order valence-electron chi connectivity index (χ0n) is 6.61. The van der Waals surface area contributed by atoms with E-state index in [9.17, 15) is 0 Å². The van der Waals surface area contributed by atoms with Crippen LogP contribution in [0.1, 0.15) is 11.1 Å². The normalized spacial score (nSPS) is 7.85. The topological polar surface area (TPSA) is 47.6 Å². The second kappa shape index (κ2) is 4.18. The van der Waals surface area contributed by atoms with Crippen LogP contribution in [0, 0.1) is 22.7 Å². The van der Waals surface area contributed by atoms with Crippen molar-refractivity contribution in [2.75, 3.05) is 0 Å². The highest BCUT2D eigenvalue weighted by Crippen LogP contribution is 2.11. The highest BCUT2D eigenvalue weighted by molar-refractivity contribution is 7.78. The van der Waals surface area contributed by atoms with Crippen molar-refractivity contribution in [1.29, 1.82) is 10.5 Å². The molecule has 0 unspecified atom stereocenters. The zero-order chi connectivity index (χ0) is 9.68. The molecule has 1 aromatic rings. The van der Waals surface area contributed by atoms with Crippen LogP contribution in [0.15, 0.2) is 24.3 Å². The molecule has 0 saturated heterocycles. The zero-order valence-corrected chi connectivity index (χ0v) is 7.43. The van der Waals surface area contributed by atoms with Crippen LogP contribution in [0.5, 0.6) is 0 Å². The van der Waals surface area contributed by atoms with Crippen LogP contribution in [0.3, 0.4) is 0 Å². The largest absolute Gasteiger partial charge is 0.192 e. The van der Waals surface area contributed by atoms with Gasteiger partial charge in [0.1, 0.15) is 11.6 Å². The van der Waals surface area contributed by atoms with Gasteiger partial charge in [0.05, 0.1) is 11.6 Å². The van der Waals surface area contributed by atoms with Gasteiger partial charge in [-0.2, -0.15) is 10.5 Å². The maximum atomic E-state index is 8.62. The number of allylic oxidation sites excluding steroid dienone is 1. The van der Waals surface area contributed by atoms with E-state index in [0.717, 1.165) is 0 Å². The van der Waals surface area contributed by atoms with Crippen molar-refractivity contribution in [3.05, 3.63) is 35.4 Å². The number of nitrogens with zero attached hydrogens (tertiary/aromatic N) is 2. The van der Waals surface area contributed by atoms with E-state index in [4.69, 9.17) is 10.5 Å². The number of benzene rings is 1. The van der Waals surface area contributed by atoms with E-state index < -0.39 is 0 Å². The molecular weight excluding hydrogens is 180 g/mol. The number of hydrogen-bond acceptors (Lipinski definition) is 3. The second-order valence-electron chi connectivity index (χ2n) is 2.28. The minimum absolute atomic E-state index is 0.319. The number of thiocarbonyl (C=S) groups is 1. The first-order chi connectivity index (χ1) is 6.31. The summed E-state index contributed by atoms with van der Waals surface area (Å²) in [7, 11) is 0. The summed E-state index contributed by atoms with van der Waals surface area (Å²) in [4.78, 5) is 0. The number of rotatable bonds is 1. The standard InChI is InChI=1S/C10H4N2S/c11-5-8-1-3-9(4-2-8)10(6-12)7-13/h1-4H. The van der Waals surface area contributed by atoms with Gasteiger partial charge < -0.3 is 0 Å². The molecule has 0 fully saturated rings. The third-order valence-electron chi connectivity index (χ3n) is 1.52. The molecular formula is C10H4N2S. The van der Waals surface area contributed by atoms with Crippen LogP contribution >= 0.6 is 12.2 Å². The number of hydrogen-bond donors (Lipinski definition) is 0. The summed E-state index contributed by atoms with van der Waals surface area (Å²) in [5, 5.41) is 19.5. The second-order valence-corrected chi connectivity index (χ2v) is 2.48. The number of nitriles is 2. The molecule has 0 radical (unpaired) electrons. The lowest BCUT2D eigenvalue weighted by molar-refractivity contribution is 1.47. The molecule has 0 saturated carbocycles. The maximum Gasteiger partial charge on any atom is 0.112 e. The quantitative estimate of drug-likeness (QED) is 0.495. The average Bonchev–Trinajstić information content (AvgIpc) is 2.21. The van der Waals surface area contributed by atoms with E-state index in [0.29, 0.717) is 16.7 Å². The van der Waals surface area contributed by atoms with Gasteiger partial charge in [-0.05, 0) is 29.4 Å². The van der Waals surface area contributed by atoms with Crippen LogP contribution in [-0.4, -0.2) is 5.02 Å². The van der Waals surface area contributed by atoms with Crippen LogP contribution in [0.4, 0.5) is 0 Å². The van der Waals surface area contributed by atoms with Crippen molar-refractivity contribution in [2.24, 2.45) is 0 Å². The van der Waals surface area contributed by atoms with E-state index in [-0.39, 0.29) is 0 Å². The Morgan fingerprint density at radius 3 is 2.15 bits per heavy atom. The van der Waals surface area contributed by atoms with Gasteiger partial charge in [0.15, 0.2) is 0 Å². The van der Waals surface area contributed by atoms with E-state index in [2.05, 4.69) is 17.2 Å². The lowest BCUT2D eigenvalue weighted by atomic mass is 10.1. The molecule has 0 aromatic heterocycles. The van der Waals surface area contributed by atoms with Crippen LogP contribution in [0.2, 0.25) is 0 Å². The minimum atomic E-state index is 0.319. The van der Waals surface area contributed by atoms with Crippen molar-refractivity contribution in [3.63, 3.8) is 0 Å². The summed E-state index contributed by atoms with van der Waals surface area (Å²) < 4.78 is 0. The van der Waals surface area contributed by atoms with Gasteiger partial charge in [-0.15, -0.1) is 0 Å². The molecule has 13 heavy (non-hydrogen) atoms. The van der Waals surface area contributed by atoms with Crippen LogP contribution < -0.4 is 0 Å². The maximum absolute atomic E-state index is 8.62. The smallest absolute Gasteiger partial charge is 0.112 e. The van der Waals surface area contributed by atoms with Crippen LogP contribution in [-0.2, 0) is 0 Å². The molecule has 60 valence electrons. The first kappa shape index (κ1) is 9.16. The molecule has 0 aliphatic rings. The highest BCUT2D eigenvalue weighted by atomic mass is 32.1. The van der Waals surface area contributed by atoms with E-state index in [1.807, 2.05) is 12.1 Å². The fraction of sp³-hybridized carbons (Fsp3) is 0. The van der Waals surface area contributed by atoms with Gasteiger partial charge in [-0.1, -0.05) is 12.1 Å². The Morgan fingerprint density at radius 1 is 1.15 bits per heavy atom. The Hall–Kier alpha value is -1.93. The molecule has 0 bridgehead atoms. The summed E-state index contributed by atoms with van der Waals surface area (Å²) in [6.45, 7) is 0. The SMILES string of the molecule is N#CC(=C=S)c1ccc(C#N)cc1. The Morgan fingerprint density at radius 2 is 1.77 bits per heavy atom. The van der Waals surface area contributed by atoms with Crippen molar-refractivity contribution in [1.82, 2.24) is 0 Å². The fourth-order valence-electron chi connectivity index (χ4n) is 0.858. The predicted octanol–water partition coefficient (Wildman–Crippen LogP) is 2.06. The predicted molar refractivity (Wildman–Crippen MR) is 52.8 cm³/mol. The third-order valence-corrected chi connectivity index (χ3v) is 1.72. The monoisotopic (exact) mass is 184 g/mol. The van der Waals surface area contributed by atoms with Gasteiger partial charge in [0, 0.05) is 5.56 Å². The molecule has 2 nitrogen and oxygen atoms in total. The lowest BCUT2D eigenvalue weighted by Crippen LogP contribution is -1.81. The van der Waals surface area contributed by atoms with Gasteiger partial charge in [-0.3, -0.25) is 0 Å². The van der Waals surface area contributed by atoms with Gasteiger partial charge >= 0.3 is 0 Å². The van der Waals surface area contributed by atoms with Crippen molar-refractivity contribution < 1.29 is 0 Å². The summed E-state index contributed by atoms with van der Waals surface area (Å²) >= 11 is 4.54. The molecule has 0 aliphatic heterocycles. The molecule has 3 heteroatoms. The minimum Gasteiger partial charge on any atom is -0.192 e. The molecule has 0 heterocycles. The Balaban J connectivity index is 3.16. The molecule has 0 aliphatic carbocycles. The van der Waals surface area contributed by atoms with Crippen molar-refractivity contribution in [2.45, 2.75) is 0 Å². The Labute approximate surface area is 81.3 Å². The molecule has 0 amide bonds. The van der Waals surface area contributed by atoms with E-state index in [1.165, 1.54) is 0 Å². The molecule has 1 rings (SSSR count). The summed E-state index contributed by atoms with van der Waals surface area (Å²) in [5.41, 5.74) is 1.57. The van der Waals surface area contributed by atoms with E-state index in [1.54, 1.807) is 24.3 Å². The van der Waals surface area contributed by atoms with Crippen LogP contribution in [0.25, 0.3) is 5.57 Å². The Kier molecular flexibility index (Phi) is 2.95. The first-order valence-electron chi connectivity index (χ1n) is 3.47.